The fraction of sp³-hybridized carbons (Fsp3) is 0. The van der Waals surface area contributed by atoms with Gasteiger partial charge in [-0.05, 0) is 18.2 Å². The minimum Gasteiger partial charge on any atom is -0.256 e. The Balaban J connectivity index is 2.12. The van der Waals surface area contributed by atoms with E-state index in [1.807, 2.05) is 24.3 Å². The Morgan fingerprint density at radius 1 is 0.947 bits per heavy atom. The van der Waals surface area contributed by atoms with Crippen LogP contribution in [0.3, 0.4) is 0 Å². The Hall–Kier alpha value is -2.19. The summed E-state index contributed by atoms with van der Waals surface area (Å²) < 4.78 is 18.3. The molecule has 0 amide bonds. The highest BCUT2D eigenvalue weighted by Crippen LogP contribution is 2.38. The molecule has 1 nitrogen and oxygen atoms in total. The molecule has 0 bridgehead atoms. The zero-order valence-corrected chi connectivity index (χ0v) is 10.9. The van der Waals surface area contributed by atoms with Crippen molar-refractivity contribution in [3.8, 4) is 11.3 Å². The smallest absolute Gasteiger partial charge is 0.0716 e. The summed E-state index contributed by atoms with van der Waals surface area (Å²) in [5.74, 6) is 0. The van der Waals surface area contributed by atoms with Crippen LogP contribution in [-0.2, 0) is 0 Å². The third-order valence-corrected chi connectivity index (χ3v) is 4.43. The third-order valence-electron chi connectivity index (χ3n) is 3.21. The summed E-state index contributed by atoms with van der Waals surface area (Å²) in [5.41, 5.74) is 1.52. The molecular formula is C17H11NS. The van der Waals surface area contributed by atoms with E-state index in [0.717, 1.165) is 10.3 Å². The highest BCUT2D eigenvalue weighted by Gasteiger charge is 2.09. The van der Waals surface area contributed by atoms with Gasteiger partial charge in [-0.3, -0.25) is 4.98 Å². The van der Waals surface area contributed by atoms with E-state index in [0.29, 0.717) is 5.69 Å². The summed E-state index contributed by atoms with van der Waals surface area (Å²) >= 11 is 1.71. The Morgan fingerprint density at radius 3 is 2.84 bits per heavy atom. The van der Waals surface area contributed by atoms with Crippen LogP contribution in [-0.4, -0.2) is 4.98 Å². The number of benzene rings is 2. The summed E-state index contributed by atoms with van der Waals surface area (Å²) in [6, 6.07) is 16.3. The standard InChI is InChI=1S/C17H11NS/c1-2-10-16-12(6-1)13-7-5-8-14(17(13)19-16)15-9-3-4-11-18-15/h1-11H/i3D,9D. The highest BCUT2D eigenvalue weighted by atomic mass is 32.1. The first-order valence-corrected chi connectivity index (χ1v) is 6.90. The maximum Gasteiger partial charge on any atom is 0.0716 e. The van der Waals surface area contributed by atoms with Crippen molar-refractivity contribution in [2.24, 2.45) is 0 Å². The summed E-state index contributed by atoms with van der Waals surface area (Å²) in [6.45, 7) is 0. The highest BCUT2D eigenvalue weighted by molar-refractivity contribution is 7.26. The molecule has 2 heterocycles. The van der Waals surface area contributed by atoms with Gasteiger partial charge in [0.1, 0.15) is 0 Å². The van der Waals surface area contributed by atoms with E-state index in [-0.39, 0.29) is 12.1 Å². The van der Waals surface area contributed by atoms with Crippen molar-refractivity contribution in [1.82, 2.24) is 4.98 Å². The number of nitrogens with zero attached hydrogens (tertiary/aromatic N) is 1. The minimum absolute atomic E-state index is 0.183. The lowest BCUT2D eigenvalue weighted by molar-refractivity contribution is 1.33. The van der Waals surface area contributed by atoms with Crippen LogP contribution in [0.5, 0.6) is 0 Å². The zero-order chi connectivity index (χ0) is 14.4. The van der Waals surface area contributed by atoms with E-state index in [1.165, 1.54) is 15.5 Å². The summed E-state index contributed by atoms with van der Waals surface area (Å²) in [6.07, 6.45) is 1.60. The van der Waals surface area contributed by atoms with Gasteiger partial charge in [0.25, 0.3) is 0 Å². The number of hydrogen-bond donors (Lipinski definition) is 0. The molecule has 0 atom stereocenters. The van der Waals surface area contributed by atoms with Crippen LogP contribution in [0.1, 0.15) is 2.74 Å². The molecule has 2 heteroatoms. The van der Waals surface area contributed by atoms with Gasteiger partial charge in [0.2, 0.25) is 0 Å². The van der Waals surface area contributed by atoms with Gasteiger partial charge < -0.3 is 0 Å². The number of thiophene rings is 1. The first-order valence-electron chi connectivity index (χ1n) is 7.08. The molecule has 0 aliphatic rings. The molecule has 19 heavy (non-hydrogen) atoms. The summed E-state index contributed by atoms with van der Waals surface area (Å²) in [5, 5.41) is 2.41. The van der Waals surface area contributed by atoms with Gasteiger partial charge in [-0.1, -0.05) is 42.4 Å². The Morgan fingerprint density at radius 2 is 1.84 bits per heavy atom. The first kappa shape index (κ1) is 8.83. The molecule has 2 aromatic heterocycles. The van der Waals surface area contributed by atoms with Crippen LogP contribution in [0.4, 0.5) is 0 Å². The van der Waals surface area contributed by atoms with Crippen molar-refractivity contribution in [3.63, 3.8) is 0 Å². The second-order valence-electron chi connectivity index (χ2n) is 4.34. The predicted octanol–water partition coefficient (Wildman–Crippen LogP) is 5.12. The van der Waals surface area contributed by atoms with Gasteiger partial charge >= 0.3 is 0 Å². The first-order chi connectivity index (χ1) is 10.3. The number of fused-ring (bicyclic) bond motifs is 3. The molecule has 0 aliphatic carbocycles. The van der Waals surface area contributed by atoms with E-state index >= 15 is 0 Å². The van der Waals surface area contributed by atoms with Crippen LogP contribution in [0.25, 0.3) is 31.4 Å². The summed E-state index contributed by atoms with van der Waals surface area (Å²) in [4.78, 5) is 4.33. The molecule has 0 fully saturated rings. The fourth-order valence-electron chi connectivity index (χ4n) is 2.36. The molecular weight excluding hydrogens is 250 g/mol. The van der Waals surface area contributed by atoms with Crippen LogP contribution >= 0.6 is 11.3 Å². The zero-order valence-electron chi connectivity index (χ0n) is 12.1. The normalized spacial score (nSPS) is 12.6. The quantitative estimate of drug-likeness (QED) is 0.464. The van der Waals surface area contributed by atoms with E-state index < -0.39 is 0 Å². The second kappa shape index (κ2) is 4.18. The molecule has 0 saturated heterocycles. The molecule has 0 radical (unpaired) electrons. The van der Waals surface area contributed by atoms with Crippen molar-refractivity contribution in [1.29, 1.82) is 0 Å². The van der Waals surface area contributed by atoms with Gasteiger partial charge in [-0.2, -0.15) is 0 Å². The van der Waals surface area contributed by atoms with E-state index in [4.69, 9.17) is 2.74 Å². The number of rotatable bonds is 1. The van der Waals surface area contributed by atoms with Crippen molar-refractivity contribution >= 4 is 31.5 Å². The largest absolute Gasteiger partial charge is 0.256 e. The van der Waals surface area contributed by atoms with Crippen molar-refractivity contribution < 1.29 is 2.74 Å². The average molecular weight is 263 g/mol. The predicted molar refractivity (Wildman–Crippen MR) is 82.6 cm³/mol. The van der Waals surface area contributed by atoms with Crippen LogP contribution in [0.15, 0.2) is 66.8 Å². The lowest BCUT2D eigenvalue weighted by Gasteiger charge is -2.01. The number of aromatic nitrogens is 1. The second-order valence-corrected chi connectivity index (χ2v) is 5.40. The minimum atomic E-state index is 0.183. The number of hydrogen-bond acceptors (Lipinski definition) is 2. The van der Waals surface area contributed by atoms with Gasteiger partial charge in [0, 0.05) is 31.9 Å². The average Bonchev–Trinajstić information content (AvgIpc) is 2.89. The lowest BCUT2D eigenvalue weighted by Crippen LogP contribution is -1.81. The van der Waals surface area contributed by atoms with E-state index in [2.05, 4.69) is 23.2 Å². The molecule has 0 unspecified atom stereocenters. The molecule has 2 aromatic carbocycles. The fourth-order valence-corrected chi connectivity index (χ4v) is 3.58. The maximum atomic E-state index is 8.10. The summed E-state index contributed by atoms with van der Waals surface area (Å²) in [7, 11) is 0. The maximum absolute atomic E-state index is 8.10. The van der Waals surface area contributed by atoms with E-state index in [1.54, 1.807) is 23.6 Å². The third kappa shape index (κ3) is 1.65. The molecule has 0 N–H and O–H groups in total. The SMILES string of the molecule is [2H]c1ccnc(-c2cccc3c2sc2ccccc23)c1[2H]. The van der Waals surface area contributed by atoms with Gasteiger partial charge in [0.05, 0.1) is 8.44 Å². The Labute approximate surface area is 118 Å². The van der Waals surface area contributed by atoms with Crippen LogP contribution < -0.4 is 0 Å². The van der Waals surface area contributed by atoms with Gasteiger partial charge in [-0.25, -0.2) is 0 Å². The molecule has 0 aliphatic heterocycles. The Bertz CT molecular complexity index is 975. The molecule has 4 aromatic rings. The lowest BCUT2D eigenvalue weighted by atomic mass is 10.1. The Kier molecular flexibility index (Phi) is 1.94. The van der Waals surface area contributed by atoms with Crippen LogP contribution in [0.2, 0.25) is 0 Å². The van der Waals surface area contributed by atoms with Crippen molar-refractivity contribution in [3.05, 3.63) is 66.8 Å². The monoisotopic (exact) mass is 263 g/mol. The molecule has 4 rings (SSSR count). The molecule has 0 saturated carbocycles. The molecule has 0 spiro atoms. The molecule has 90 valence electrons. The van der Waals surface area contributed by atoms with Crippen LogP contribution in [0, 0.1) is 0 Å². The van der Waals surface area contributed by atoms with Gasteiger partial charge in [-0.15, -0.1) is 11.3 Å². The topological polar surface area (TPSA) is 12.9 Å². The van der Waals surface area contributed by atoms with Crippen molar-refractivity contribution in [2.75, 3.05) is 0 Å². The number of pyridine rings is 1. The van der Waals surface area contributed by atoms with Crippen molar-refractivity contribution in [2.45, 2.75) is 0 Å². The van der Waals surface area contributed by atoms with E-state index in [9.17, 15) is 0 Å². The van der Waals surface area contributed by atoms with Gasteiger partial charge in [0.15, 0.2) is 0 Å².